The molecule has 0 amide bonds. The molecule has 0 aliphatic rings. The third-order valence-corrected chi connectivity index (χ3v) is 2.41. The molecule has 0 aromatic heterocycles. The summed E-state index contributed by atoms with van der Waals surface area (Å²) in [5.41, 5.74) is 2.60. The topological polar surface area (TPSA) is 20.2 Å². The molecule has 0 heterocycles. The highest BCUT2D eigenvalue weighted by atomic mass is 16.3. The zero-order valence-electron chi connectivity index (χ0n) is 9.61. The Morgan fingerprint density at radius 2 is 2.07 bits per heavy atom. The first-order valence-corrected chi connectivity index (χ1v) is 5.68. The molecule has 1 rings (SSSR count). The zero-order valence-corrected chi connectivity index (χ0v) is 9.61. The number of aliphatic hydroxyl groups is 1. The van der Waals surface area contributed by atoms with Crippen molar-refractivity contribution in [1.82, 2.24) is 0 Å². The fraction of sp³-hybridized carbons (Fsp3) is 0.429. The van der Waals surface area contributed by atoms with Crippen molar-refractivity contribution in [3.05, 3.63) is 41.5 Å². The second-order valence-electron chi connectivity index (χ2n) is 3.90. The van der Waals surface area contributed by atoms with Crippen LogP contribution in [0.4, 0.5) is 0 Å². The van der Waals surface area contributed by atoms with Crippen LogP contribution in [0.1, 0.15) is 37.8 Å². The number of rotatable bonds is 5. The summed E-state index contributed by atoms with van der Waals surface area (Å²) in [6.07, 6.45) is 7.02. The Hall–Kier alpha value is -1.08. The molecule has 1 aromatic carbocycles. The third-order valence-electron chi connectivity index (χ3n) is 2.41. The Morgan fingerprint density at radius 1 is 1.33 bits per heavy atom. The van der Waals surface area contributed by atoms with Crippen molar-refractivity contribution in [3.8, 4) is 0 Å². The van der Waals surface area contributed by atoms with E-state index in [1.54, 1.807) is 6.92 Å². The summed E-state index contributed by atoms with van der Waals surface area (Å²) in [4.78, 5) is 0. The van der Waals surface area contributed by atoms with Crippen LogP contribution < -0.4 is 0 Å². The maximum absolute atomic E-state index is 9.19. The third kappa shape index (κ3) is 4.30. The number of benzene rings is 1. The first-order valence-electron chi connectivity index (χ1n) is 5.68. The van der Waals surface area contributed by atoms with Crippen molar-refractivity contribution in [2.45, 2.75) is 39.2 Å². The molecule has 0 aliphatic heterocycles. The van der Waals surface area contributed by atoms with Gasteiger partial charge in [-0.3, -0.25) is 0 Å². The van der Waals surface area contributed by atoms with E-state index in [0.717, 1.165) is 6.42 Å². The first kappa shape index (κ1) is 12.0. The van der Waals surface area contributed by atoms with Crippen molar-refractivity contribution in [2.75, 3.05) is 0 Å². The molecule has 0 saturated heterocycles. The molecule has 1 atom stereocenters. The van der Waals surface area contributed by atoms with Crippen LogP contribution in [0.3, 0.4) is 0 Å². The van der Waals surface area contributed by atoms with Gasteiger partial charge in [0.1, 0.15) is 0 Å². The maximum Gasteiger partial charge on any atom is 0.0696 e. The predicted octanol–water partition coefficient (Wildman–Crippen LogP) is 3.42. The minimum absolute atomic E-state index is 0.371. The molecule has 1 heteroatoms. The van der Waals surface area contributed by atoms with Gasteiger partial charge in [0, 0.05) is 0 Å². The Morgan fingerprint density at radius 3 is 2.73 bits per heavy atom. The molecule has 1 aromatic rings. The van der Waals surface area contributed by atoms with Gasteiger partial charge in [0.2, 0.25) is 0 Å². The standard InChI is InChI=1S/C14H20O/c1-3-4-7-13-8-5-6-9-14(13)11-10-12(2)15/h5-6,8-12,15H,3-4,7H2,1-2H3. The molecule has 0 bridgehead atoms. The van der Waals surface area contributed by atoms with Gasteiger partial charge in [0.15, 0.2) is 0 Å². The lowest BCUT2D eigenvalue weighted by Crippen LogP contribution is -1.93. The van der Waals surface area contributed by atoms with Crippen molar-refractivity contribution < 1.29 is 5.11 Å². The zero-order chi connectivity index (χ0) is 11.1. The summed E-state index contributed by atoms with van der Waals surface area (Å²) in [6, 6.07) is 8.38. The van der Waals surface area contributed by atoms with Gasteiger partial charge >= 0.3 is 0 Å². The fourth-order valence-electron chi connectivity index (χ4n) is 1.53. The first-order chi connectivity index (χ1) is 7.24. The van der Waals surface area contributed by atoms with Crippen LogP contribution in [-0.2, 0) is 6.42 Å². The summed E-state index contributed by atoms with van der Waals surface area (Å²) in [5, 5.41) is 9.19. The number of unbranched alkanes of at least 4 members (excludes halogenated alkanes) is 1. The van der Waals surface area contributed by atoms with E-state index in [-0.39, 0.29) is 6.10 Å². The molecule has 1 N–H and O–H groups in total. The molecule has 0 aliphatic carbocycles. The molecule has 1 unspecified atom stereocenters. The average Bonchev–Trinajstić information content (AvgIpc) is 2.24. The number of hydrogen-bond donors (Lipinski definition) is 1. The van der Waals surface area contributed by atoms with Crippen molar-refractivity contribution in [2.24, 2.45) is 0 Å². The highest BCUT2D eigenvalue weighted by Crippen LogP contribution is 2.14. The Bertz CT molecular complexity index is 313. The van der Waals surface area contributed by atoms with E-state index in [4.69, 9.17) is 0 Å². The van der Waals surface area contributed by atoms with Crippen LogP contribution in [0.5, 0.6) is 0 Å². The Labute approximate surface area is 92.5 Å². The van der Waals surface area contributed by atoms with Crippen LogP contribution in [0.15, 0.2) is 30.3 Å². The lowest BCUT2D eigenvalue weighted by atomic mass is 10.0. The van der Waals surface area contributed by atoms with E-state index in [1.165, 1.54) is 24.0 Å². The quantitative estimate of drug-likeness (QED) is 0.779. The minimum atomic E-state index is -0.371. The molecule has 1 nitrogen and oxygen atoms in total. The van der Waals surface area contributed by atoms with Gasteiger partial charge in [-0.05, 0) is 30.9 Å². The Kier molecular flexibility index (Phi) is 5.13. The number of aliphatic hydroxyl groups excluding tert-OH is 1. The summed E-state index contributed by atoms with van der Waals surface area (Å²) >= 11 is 0. The highest BCUT2D eigenvalue weighted by molar-refractivity contribution is 5.54. The normalized spacial score (nSPS) is 13.3. The fourth-order valence-corrected chi connectivity index (χ4v) is 1.53. The van der Waals surface area contributed by atoms with Gasteiger partial charge < -0.3 is 5.11 Å². The number of hydrogen-bond acceptors (Lipinski definition) is 1. The largest absolute Gasteiger partial charge is 0.389 e. The van der Waals surface area contributed by atoms with Gasteiger partial charge in [0.25, 0.3) is 0 Å². The van der Waals surface area contributed by atoms with E-state index in [0.29, 0.717) is 0 Å². The van der Waals surface area contributed by atoms with Crippen LogP contribution in [0.2, 0.25) is 0 Å². The monoisotopic (exact) mass is 204 g/mol. The van der Waals surface area contributed by atoms with E-state index < -0.39 is 0 Å². The Balaban J connectivity index is 2.76. The smallest absolute Gasteiger partial charge is 0.0696 e. The average molecular weight is 204 g/mol. The van der Waals surface area contributed by atoms with Crippen LogP contribution in [-0.4, -0.2) is 11.2 Å². The maximum atomic E-state index is 9.19. The molecule has 82 valence electrons. The molecule has 0 spiro atoms. The van der Waals surface area contributed by atoms with Crippen molar-refractivity contribution >= 4 is 6.08 Å². The van der Waals surface area contributed by atoms with Gasteiger partial charge in [0.05, 0.1) is 6.10 Å². The van der Waals surface area contributed by atoms with Crippen LogP contribution in [0.25, 0.3) is 6.08 Å². The van der Waals surface area contributed by atoms with Gasteiger partial charge in [-0.25, -0.2) is 0 Å². The summed E-state index contributed by atoms with van der Waals surface area (Å²) in [5.74, 6) is 0. The van der Waals surface area contributed by atoms with Gasteiger partial charge in [-0.2, -0.15) is 0 Å². The number of aryl methyl sites for hydroxylation is 1. The predicted molar refractivity (Wildman–Crippen MR) is 65.8 cm³/mol. The van der Waals surface area contributed by atoms with Crippen LogP contribution >= 0.6 is 0 Å². The second kappa shape index (κ2) is 6.41. The molecular formula is C14H20O. The molecule has 0 saturated carbocycles. The van der Waals surface area contributed by atoms with E-state index in [2.05, 4.69) is 25.1 Å². The van der Waals surface area contributed by atoms with E-state index in [9.17, 15) is 5.11 Å². The molecule has 0 radical (unpaired) electrons. The summed E-state index contributed by atoms with van der Waals surface area (Å²) in [6.45, 7) is 3.97. The van der Waals surface area contributed by atoms with Crippen molar-refractivity contribution in [3.63, 3.8) is 0 Å². The van der Waals surface area contributed by atoms with Gasteiger partial charge in [-0.15, -0.1) is 0 Å². The summed E-state index contributed by atoms with van der Waals surface area (Å²) in [7, 11) is 0. The van der Waals surface area contributed by atoms with Crippen molar-refractivity contribution in [1.29, 1.82) is 0 Å². The molecular weight excluding hydrogens is 184 g/mol. The van der Waals surface area contributed by atoms with E-state index >= 15 is 0 Å². The lowest BCUT2D eigenvalue weighted by Gasteiger charge is -2.05. The molecule has 0 fully saturated rings. The molecule has 15 heavy (non-hydrogen) atoms. The highest BCUT2D eigenvalue weighted by Gasteiger charge is 1.98. The van der Waals surface area contributed by atoms with E-state index in [1.807, 2.05) is 18.2 Å². The van der Waals surface area contributed by atoms with Crippen LogP contribution in [0, 0.1) is 0 Å². The SMILES string of the molecule is CCCCc1ccccc1C=CC(C)O. The lowest BCUT2D eigenvalue weighted by molar-refractivity contribution is 0.245. The minimum Gasteiger partial charge on any atom is -0.389 e. The second-order valence-corrected chi connectivity index (χ2v) is 3.90. The van der Waals surface area contributed by atoms with Gasteiger partial charge in [-0.1, -0.05) is 49.8 Å². The summed E-state index contributed by atoms with van der Waals surface area (Å²) < 4.78 is 0.